The Balaban J connectivity index is 1.86. The Morgan fingerprint density at radius 3 is 2.69 bits per heavy atom. The molecule has 2 rings (SSSR count). The fourth-order valence-corrected chi connectivity index (χ4v) is 2.54. The Morgan fingerprint density at radius 1 is 1.31 bits per heavy atom. The fourth-order valence-electron chi connectivity index (χ4n) is 2.54. The Kier molecular flexibility index (Phi) is 4.16. The van der Waals surface area contributed by atoms with Crippen molar-refractivity contribution in [1.29, 1.82) is 0 Å². The highest BCUT2D eigenvalue weighted by Gasteiger charge is 2.38. The Bertz CT molecular complexity index is 223. The third kappa shape index (κ3) is 2.55. The molecule has 2 saturated heterocycles. The van der Waals surface area contributed by atoms with Crippen molar-refractivity contribution in [3.05, 3.63) is 0 Å². The van der Waals surface area contributed by atoms with E-state index < -0.39 is 0 Å². The van der Waals surface area contributed by atoms with E-state index in [0.29, 0.717) is 12.1 Å². The average molecular weight is 230 g/mol. The van der Waals surface area contributed by atoms with E-state index in [0.717, 1.165) is 32.8 Å². The molecule has 2 atom stereocenters. The van der Waals surface area contributed by atoms with Gasteiger partial charge in [0.15, 0.2) is 6.29 Å². The van der Waals surface area contributed by atoms with Crippen molar-refractivity contribution < 1.29 is 14.2 Å². The molecule has 16 heavy (non-hydrogen) atoms. The van der Waals surface area contributed by atoms with Gasteiger partial charge >= 0.3 is 0 Å². The van der Waals surface area contributed by atoms with Crippen molar-refractivity contribution in [3.8, 4) is 0 Å². The second kappa shape index (κ2) is 5.42. The van der Waals surface area contributed by atoms with E-state index in [2.05, 4.69) is 16.8 Å². The van der Waals surface area contributed by atoms with Crippen molar-refractivity contribution in [2.24, 2.45) is 0 Å². The number of fused-ring (bicyclic) bond motifs is 1. The van der Waals surface area contributed by atoms with Crippen LogP contribution in [0.15, 0.2) is 0 Å². The number of methoxy groups -OCH3 is 2. The highest BCUT2D eigenvalue weighted by Crippen LogP contribution is 2.21. The van der Waals surface area contributed by atoms with E-state index in [-0.39, 0.29) is 6.29 Å². The number of rotatable bonds is 4. The summed E-state index contributed by atoms with van der Waals surface area (Å²) < 4.78 is 16.2. The smallest absolute Gasteiger partial charge is 0.169 e. The first-order chi connectivity index (χ1) is 7.74. The number of likely N-dealkylation sites (N-methyl/N-ethyl adjacent to an activating group) is 1. The second-order valence-corrected chi connectivity index (χ2v) is 4.58. The van der Waals surface area contributed by atoms with Gasteiger partial charge in [0.05, 0.1) is 12.7 Å². The predicted molar refractivity (Wildman–Crippen MR) is 60.4 cm³/mol. The Morgan fingerprint density at radius 2 is 2.06 bits per heavy atom. The molecule has 0 radical (unpaired) electrons. The van der Waals surface area contributed by atoms with Crippen LogP contribution in [-0.2, 0) is 14.2 Å². The zero-order chi connectivity index (χ0) is 11.5. The molecular weight excluding hydrogens is 208 g/mol. The first kappa shape index (κ1) is 12.3. The molecule has 5 nitrogen and oxygen atoms in total. The van der Waals surface area contributed by atoms with Crippen LogP contribution >= 0.6 is 0 Å². The molecule has 0 bridgehead atoms. The summed E-state index contributed by atoms with van der Waals surface area (Å²) >= 11 is 0. The van der Waals surface area contributed by atoms with E-state index in [4.69, 9.17) is 14.2 Å². The maximum Gasteiger partial charge on any atom is 0.169 e. The van der Waals surface area contributed by atoms with Gasteiger partial charge in [-0.15, -0.1) is 0 Å². The topological polar surface area (TPSA) is 34.2 Å². The normalized spacial score (nSPS) is 32.2. The monoisotopic (exact) mass is 230 g/mol. The molecular formula is C11H22N2O3. The van der Waals surface area contributed by atoms with Gasteiger partial charge in [0, 0.05) is 46.4 Å². The predicted octanol–water partition coefficient (Wildman–Crippen LogP) is -0.380. The SMILES string of the molecule is COC(CN1C[C@@H]2[C@@H](C1)OCCN2C)OC. The van der Waals surface area contributed by atoms with Crippen LogP contribution in [0, 0.1) is 0 Å². The van der Waals surface area contributed by atoms with E-state index in [1.54, 1.807) is 14.2 Å². The number of likely N-dealkylation sites (tertiary alicyclic amines) is 1. The fraction of sp³-hybridized carbons (Fsp3) is 1.00. The quantitative estimate of drug-likeness (QED) is 0.615. The molecule has 0 aromatic heterocycles. The number of hydrogen-bond acceptors (Lipinski definition) is 5. The highest BCUT2D eigenvalue weighted by atomic mass is 16.7. The molecule has 2 fully saturated rings. The first-order valence-corrected chi connectivity index (χ1v) is 5.84. The standard InChI is InChI=1S/C11H22N2O3/c1-12-4-5-16-10-7-13(6-9(10)12)8-11(14-2)15-3/h9-11H,4-8H2,1-3H3/t9-,10-/m1/s1. The van der Waals surface area contributed by atoms with Gasteiger partial charge in [0.25, 0.3) is 0 Å². The van der Waals surface area contributed by atoms with Crippen LogP contribution < -0.4 is 0 Å². The van der Waals surface area contributed by atoms with Gasteiger partial charge in [0.2, 0.25) is 0 Å². The van der Waals surface area contributed by atoms with E-state index in [1.807, 2.05) is 0 Å². The summed E-state index contributed by atoms with van der Waals surface area (Å²) in [5.41, 5.74) is 0. The van der Waals surface area contributed by atoms with Gasteiger partial charge in [-0.2, -0.15) is 0 Å². The molecule has 5 heteroatoms. The zero-order valence-corrected chi connectivity index (χ0v) is 10.4. The summed E-state index contributed by atoms with van der Waals surface area (Å²) in [7, 11) is 5.54. The lowest BCUT2D eigenvalue weighted by molar-refractivity contribution is -0.115. The third-order valence-corrected chi connectivity index (χ3v) is 3.59. The number of ether oxygens (including phenoxy) is 3. The molecule has 0 spiro atoms. The lowest BCUT2D eigenvalue weighted by atomic mass is 10.1. The third-order valence-electron chi connectivity index (χ3n) is 3.59. The van der Waals surface area contributed by atoms with Crippen molar-refractivity contribution in [1.82, 2.24) is 9.80 Å². The van der Waals surface area contributed by atoms with Crippen LogP contribution in [0.2, 0.25) is 0 Å². The van der Waals surface area contributed by atoms with Crippen LogP contribution in [0.4, 0.5) is 0 Å². The molecule has 0 aromatic rings. The van der Waals surface area contributed by atoms with E-state index in [9.17, 15) is 0 Å². The molecule has 0 saturated carbocycles. The lowest BCUT2D eigenvalue weighted by Gasteiger charge is -2.33. The minimum atomic E-state index is -0.134. The molecule has 0 amide bonds. The minimum Gasteiger partial charge on any atom is -0.374 e. The molecule has 0 N–H and O–H groups in total. The maximum absolute atomic E-state index is 5.79. The molecule has 2 aliphatic rings. The molecule has 2 heterocycles. The number of hydrogen-bond donors (Lipinski definition) is 0. The van der Waals surface area contributed by atoms with Crippen molar-refractivity contribution >= 4 is 0 Å². The molecule has 2 aliphatic heterocycles. The van der Waals surface area contributed by atoms with Gasteiger partial charge in [-0.25, -0.2) is 0 Å². The van der Waals surface area contributed by atoms with Crippen LogP contribution in [0.1, 0.15) is 0 Å². The Labute approximate surface area is 97.2 Å². The van der Waals surface area contributed by atoms with E-state index in [1.165, 1.54) is 0 Å². The van der Waals surface area contributed by atoms with Crippen LogP contribution in [0.25, 0.3) is 0 Å². The summed E-state index contributed by atoms with van der Waals surface area (Å²) in [6, 6.07) is 0.531. The summed E-state index contributed by atoms with van der Waals surface area (Å²) in [4.78, 5) is 4.75. The van der Waals surface area contributed by atoms with Gasteiger partial charge in [-0.1, -0.05) is 0 Å². The minimum absolute atomic E-state index is 0.134. The van der Waals surface area contributed by atoms with Gasteiger partial charge < -0.3 is 14.2 Å². The van der Waals surface area contributed by atoms with Crippen LogP contribution in [0.3, 0.4) is 0 Å². The first-order valence-electron chi connectivity index (χ1n) is 5.84. The summed E-state index contributed by atoms with van der Waals surface area (Å²) in [5, 5.41) is 0. The number of morpholine rings is 1. The maximum atomic E-state index is 5.79. The summed E-state index contributed by atoms with van der Waals surface area (Å²) in [6.07, 6.45) is 0.221. The average Bonchev–Trinajstić information content (AvgIpc) is 2.70. The number of nitrogens with zero attached hydrogens (tertiary/aromatic N) is 2. The van der Waals surface area contributed by atoms with Crippen LogP contribution in [0.5, 0.6) is 0 Å². The van der Waals surface area contributed by atoms with Crippen molar-refractivity contribution in [3.63, 3.8) is 0 Å². The van der Waals surface area contributed by atoms with Crippen molar-refractivity contribution in [2.75, 3.05) is 54.1 Å². The molecule has 0 unspecified atom stereocenters. The summed E-state index contributed by atoms with van der Waals surface area (Å²) in [6.45, 7) is 4.73. The lowest BCUT2D eigenvalue weighted by Crippen LogP contribution is -2.48. The molecule has 94 valence electrons. The zero-order valence-electron chi connectivity index (χ0n) is 10.4. The second-order valence-electron chi connectivity index (χ2n) is 4.58. The van der Waals surface area contributed by atoms with Gasteiger partial charge in [-0.05, 0) is 7.05 Å². The van der Waals surface area contributed by atoms with Crippen molar-refractivity contribution in [2.45, 2.75) is 18.4 Å². The van der Waals surface area contributed by atoms with Gasteiger partial charge in [-0.3, -0.25) is 9.80 Å². The largest absolute Gasteiger partial charge is 0.374 e. The summed E-state index contributed by atoms with van der Waals surface area (Å²) in [5.74, 6) is 0. The molecule has 0 aliphatic carbocycles. The Hall–Kier alpha value is -0.200. The van der Waals surface area contributed by atoms with Crippen LogP contribution in [-0.4, -0.2) is 82.3 Å². The highest BCUT2D eigenvalue weighted by molar-refractivity contribution is 4.93. The van der Waals surface area contributed by atoms with Gasteiger partial charge in [0.1, 0.15) is 0 Å². The van der Waals surface area contributed by atoms with E-state index >= 15 is 0 Å². The molecule has 0 aromatic carbocycles.